The van der Waals surface area contributed by atoms with Crippen LogP contribution in [0.4, 0.5) is 8.78 Å². The third kappa shape index (κ3) is 5.98. The molecule has 2 rings (SSSR count). The van der Waals surface area contributed by atoms with E-state index in [4.69, 9.17) is 9.47 Å². The van der Waals surface area contributed by atoms with Gasteiger partial charge in [-0.05, 0) is 24.3 Å². The highest BCUT2D eigenvalue weighted by atomic mass is 19.3. The highest BCUT2D eigenvalue weighted by Gasteiger charge is 2.12. The lowest BCUT2D eigenvalue weighted by molar-refractivity contribution is -0.0504. The van der Waals surface area contributed by atoms with Crippen molar-refractivity contribution in [1.29, 1.82) is 0 Å². The van der Waals surface area contributed by atoms with E-state index in [1.807, 2.05) is 6.07 Å². The van der Waals surface area contributed by atoms with Gasteiger partial charge in [0.2, 0.25) is 5.88 Å². The zero-order chi connectivity index (χ0) is 19.6. The molecular weight excluding hydrogens is 358 g/mol. The van der Waals surface area contributed by atoms with Gasteiger partial charge in [-0.2, -0.15) is 8.78 Å². The quantitative estimate of drug-likeness (QED) is 0.542. The molecule has 0 radical (unpaired) electrons. The standard InChI is InChI=1S/C18H22F2N4O3/c1-21-18(23-10-12-5-4-8-22-16(12)26-3)24-11-13-9-14(25-2)6-7-15(13)27-17(19)20/h4-9,17H,10-11H2,1-3H3,(H2,21,23,24). The first-order chi connectivity index (χ1) is 13.1. The number of guanidine groups is 1. The van der Waals surface area contributed by atoms with Crippen LogP contribution in [0, 0.1) is 0 Å². The van der Waals surface area contributed by atoms with Crippen LogP contribution in [-0.4, -0.2) is 38.8 Å². The molecule has 1 heterocycles. The maximum absolute atomic E-state index is 12.6. The van der Waals surface area contributed by atoms with Gasteiger partial charge < -0.3 is 24.8 Å². The number of alkyl halides is 2. The molecule has 0 saturated heterocycles. The summed E-state index contributed by atoms with van der Waals surface area (Å²) in [6.07, 6.45) is 1.64. The molecule has 9 heteroatoms. The Morgan fingerprint density at radius 2 is 1.85 bits per heavy atom. The number of pyridine rings is 1. The van der Waals surface area contributed by atoms with E-state index >= 15 is 0 Å². The second kappa shape index (κ2) is 10.1. The maximum atomic E-state index is 12.6. The Hall–Kier alpha value is -3.10. The fraction of sp³-hybridized carbons (Fsp3) is 0.333. The fourth-order valence-electron chi connectivity index (χ4n) is 2.35. The van der Waals surface area contributed by atoms with Crippen molar-refractivity contribution >= 4 is 5.96 Å². The number of hydrogen-bond acceptors (Lipinski definition) is 5. The molecule has 0 bridgehead atoms. The molecule has 146 valence electrons. The molecule has 0 atom stereocenters. The minimum Gasteiger partial charge on any atom is -0.497 e. The average molecular weight is 380 g/mol. The molecule has 0 unspecified atom stereocenters. The van der Waals surface area contributed by atoms with E-state index in [1.165, 1.54) is 13.2 Å². The number of methoxy groups -OCH3 is 2. The topological polar surface area (TPSA) is 77.0 Å². The van der Waals surface area contributed by atoms with E-state index < -0.39 is 6.61 Å². The van der Waals surface area contributed by atoms with Gasteiger partial charge in [-0.25, -0.2) is 4.98 Å². The van der Waals surface area contributed by atoms with Gasteiger partial charge >= 0.3 is 6.61 Å². The zero-order valence-corrected chi connectivity index (χ0v) is 15.3. The molecule has 0 amide bonds. The van der Waals surface area contributed by atoms with Crippen molar-refractivity contribution in [2.45, 2.75) is 19.7 Å². The molecule has 27 heavy (non-hydrogen) atoms. The smallest absolute Gasteiger partial charge is 0.387 e. The number of rotatable bonds is 8. The van der Waals surface area contributed by atoms with Gasteiger partial charge in [-0.15, -0.1) is 0 Å². The van der Waals surface area contributed by atoms with E-state index in [1.54, 1.807) is 38.6 Å². The number of nitrogens with one attached hydrogen (secondary N) is 2. The van der Waals surface area contributed by atoms with E-state index in [9.17, 15) is 8.78 Å². The third-order valence-electron chi connectivity index (χ3n) is 3.64. The minimum atomic E-state index is -2.91. The number of ether oxygens (including phenoxy) is 3. The molecule has 1 aromatic carbocycles. The number of nitrogens with zero attached hydrogens (tertiary/aromatic N) is 2. The number of halogens is 2. The fourth-order valence-corrected chi connectivity index (χ4v) is 2.35. The lowest BCUT2D eigenvalue weighted by Crippen LogP contribution is -2.36. The average Bonchev–Trinajstić information content (AvgIpc) is 2.68. The molecule has 0 aliphatic rings. The van der Waals surface area contributed by atoms with Crippen LogP contribution in [-0.2, 0) is 13.1 Å². The van der Waals surface area contributed by atoms with Gasteiger partial charge in [0.25, 0.3) is 0 Å². The Morgan fingerprint density at radius 3 is 2.48 bits per heavy atom. The highest BCUT2D eigenvalue weighted by Crippen LogP contribution is 2.25. The maximum Gasteiger partial charge on any atom is 0.387 e. The van der Waals surface area contributed by atoms with E-state index in [-0.39, 0.29) is 12.3 Å². The minimum absolute atomic E-state index is 0.0719. The van der Waals surface area contributed by atoms with E-state index in [2.05, 4.69) is 25.3 Å². The molecule has 7 nitrogen and oxygen atoms in total. The second-order valence-corrected chi connectivity index (χ2v) is 5.30. The summed E-state index contributed by atoms with van der Waals surface area (Å²) < 4.78 is 40.1. The van der Waals surface area contributed by atoms with Crippen LogP contribution in [0.5, 0.6) is 17.4 Å². The molecule has 2 N–H and O–H groups in total. The first kappa shape index (κ1) is 20.2. The monoisotopic (exact) mass is 380 g/mol. The molecule has 1 aromatic heterocycles. The highest BCUT2D eigenvalue weighted by molar-refractivity contribution is 5.79. The van der Waals surface area contributed by atoms with Crippen molar-refractivity contribution in [2.75, 3.05) is 21.3 Å². The molecule has 0 spiro atoms. The van der Waals surface area contributed by atoms with Crippen LogP contribution in [0.15, 0.2) is 41.5 Å². The van der Waals surface area contributed by atoms with Gasteiger partial charge in [-0.1, -0.05) is 6.07 Å². The van der Waals surface area contributed by atoms with Crippen molar-refractivity contribution in [2.24, 2.45) is 4.99 Å². The Labute approximate surface area is 156 Å². The van der Waals surface area contributed by atoms with Crippen LogP contribution in [0.1, 0.15) is 11.1 Å². The summed E-state index contributed by atoms with van der Waals surface area (Å²) in [4.78, 5) is 8.25. The molecule has 2 aromatic rings. The summed E-state index contributed by atoms with van der Waals surface area (Å²) in [6.45, 7) is -2.27. The molecule has 0 aliphatic carbocycles. The van der Waals surface area contributed by atoms with Gasteiger partial charge in [-0.3, -0.25) is 4.99 Å². The van der Waals surface area contributed by atoms with Gasteiger partial charge in [0, 0.05) is 37.5 Å². The largest absolute Gasteiger partial charge is 0.497 e. The summed E-state index contributed by atoms with van der Waals surface area (Å²) in [5, 5.41) is 6.17. The van der Waals surface area contributed by atoms with Crippen molar-refractivity contribution in [3.05, 3.63) is 47.7 Å². The van der Waals surface area contributed by atoms with Crippen LogP contribution < -0.4 is 24.8 Å². The normalized spacial score (nSPS) is 11.3. The Kier molecular flexibility index (Phi) is 7.60. The van der Waals surface area contributed by atoms with Gasteiger partial charge in [0.05, 0.1) is 14.2 Å². The summed E-state index contributed by atoms with van der Waals surface area (Å²) in [5.74, 6) is 1.60. The zero-order valence-electron chi connectivity index (χ0n) is 15.3. The van der Waals surface area contributed by atoms with Crippen molar-refractivity contribution < 1.29 is 23.0 Å². The first-order valence-electron chi connectivity index (χ1n) is 8.11. The predicted octanol–water partition coefficient (Wildman–Crippen LogP) is 2.57. The number of benzene rings is 1. The van der Waals surface area contributed by atoms with Crippen LogP contribution >= 0.6 is 0 Å². The Bertz CT molecular complexity index is 772. The molecule has 0 aliphatic heterocycles. The van der Waals surface area contributed by atoms with E-state index in [0.29, 0.717) is 29.7 Å². The van der Waals surface area contributed by atoms with Gasteiger partial charge in [0.15, 0.2) is 5.96 Å². The molecule has 0 fully saturated rings. The molecule has 0 saturated carbocycles. The van der Waals surface area contributed by atoms with Crippen LogP contribution in [0.25, 0.3) is 0 Å². The summed E-state index contributed by atoms with van der Waals surface area (Å²) in [7, 11) is 4.66. The predicted molar refractivity (Wildman–Crippen MR) is 97.5 cm³/mol. The lowest BCUT2D eigenvalue weighted by atomic mass is 10.2. The second-order valence-electron chi connectivity index (χ2n) is 5.30. The van der Waals surface area contributed by atoms with Crippen molar-refractivity contribution in [3.63, 3.8) is 0 Å². The first-order valence-corrected chi connectivity index (χ1v) is 8.11. The summed E-state index contributed by atoms with van der Waals surface area (Å²) in [5.41, 5.74) is 1.36. The van der Waals surface area contributed by atoms with Crippen molar-refractivity contribution in [1.82, 2.24) is 15.6 Å². The lowest BCUT2D eigenvalue weighted by Gasteiger charge is -2.16. The Morgan fingerprint density at radius 1 is 1.11 bits per heavy atom. The van der Waals surface area contributed by atoms with Crippen LogP contribution in [0.2, 0.25) is 0 Å². The summed E-state index contributed by atoms with van der Waals surface area (Å²) in [6, 6.07) is 8.31. The molecular formula is C18H22F2N4O3. The summed E-state index contributed by atoms with van der Waals surface area (Å²) >= 11 is 0. The van der Waals surface area contributed by atoms with Crippen molar-refractivity contribution in [3.8, 4) is 17.4 Å². The van der Waals surface area contributed by atoms with Gasteiger partial charge in [0.1, 0.15) is 11.5 Å². The Balaban J connectivity index is 2.03. The van der Waals surface area contributed by atoms with E-state index in [0.717, 1.165) is 5.56 Å². The number of aliphatic imine (C=N–C) groups is 1. The van der Waals surface area contributed by atoms with Crippen LogP contribution in [0.3, 0.4) is 0 Å². The number of aromatic nitrogens is 1. The third-order valence-corrected chi connectivity index (χ3v) is 3.64. The SMILES string of the molecule is CN=C(NCc1cc(OC)ccc1OC(F)F)NCc1cccnc1OC. The number of hydrogen-bond donors (Lipinski definition) is 2.